The molecule has 88 valence electrons. The number of imidazole rings is 1. The van der Waals surface area contributed by atoms with E-state index in [9.17, 15) is 0 Å². The highest BCUT2D eigenvalue weighted by Gasteiger charge is 2.04. The molecule has 0 saturated carbocycles. The molecule has 0 aliphatic carbocycles. The normalized spacial score (nSPS) is 9.94. The van der Waals surface area contributed by atoms with Crippen LogP contribution in [0.25, 0.3) is 6.08 Å². The fraction of sp³-hybridized carbons (Fsp3) is 0.154. The SMILES string of the molecule is C=Cc1ccc(OC)c(OCn2ccnc2)c1. The standard InChI is InChI=1S/C13H14N2O2/c1-3-11-4-5-12(16-2)13(8-11)17-10-15-7-6-14-9-15/h3-9H,1,10H2,2H3. The van der Waals surface area contributed by atoms with Crippen LogP contribution in [0, 0.1) is 0 Å². The fourth-order valence-corrected chi connectivity index (χ4v) is 1.44. The Balaban J connectivity index is 2.15. The maximum absolute atomic E-state index is 5.67. The molecule has 0 radical (unpaired) electrons. The maximum Gasteiger partial charge on any atom is 0.166 e. The van der Waals surface area contributed by atoms with E-state index in [1.165, 1.54) is 0 Å². The Morgan fingerprint density at radius 2 is 2.29 bits per heavy atom. The van der Waals surface area contributed by atoms with Gasteiger partial charge in [-0.15, -0.1) is 0 Å². The Bertz CT molecular complexity index is 492. The van der Waals surface area contributed by atoms with Crippen LogP contribution < -0.4 is 9.47 Å². The number of methoxy groups -OCH3 is 1. The van der Waals surface area contributed by atoms with E-state index < -0.39 is 0 Å². The molecule has 2 aromatic rings. The molecule has 0 aliphatic rings. The van der Waals surface area contributed by atoms with Crippen LogP contribution in [-0.2, 0) is 6.73 Å². The molecule has 1 heterocycles. The molecule has 4 nitrogen and oxygen atoms in total. The van der Waals surface area contributed by atoms with Gasteiger partial charge in [0.1, 0.15) is 0 Å². The van der Waals surface area contributed by atoms with Gasteiger partial charge in [-0.25, -0.2) is 4.98 Å². The Labute approximate surface area is 100 Å². The molecule has 0 N–H and O–H groups in total. The van der Waals surface area contributed by atoms with Crippen molar-refractivity contribution in [2.45, 2.75) is 6.73 Å². The molecule has 2 rings (SSSR count). The first-order valence-electron chi connectivity index (χ1n) is 5.22. The molecule has 1 aromatic heterocycles. The minimum Gasteiger partial charge on any atom is -0.493 e. The van der Waals surface area contributed by atoms with Gasteiger partial charge in [0, 0.05) is 12.4 Å². The molecule has 0 fully saturated rings. The van der Waals surface area contributed by atoms with Crippen molar-refractivity contribution in [3.63, 3.8) is 0 Å². The Kier molecular flexibility index (Phi) is 3.45. The lowest BCUT2D eigenvalue weighted by atomic mass is 10.2. The zero-order valence-electron chi connectivity index (χ0n) is 9.67. The molecule has 4 heteroatoms. The monoisotopic (exact) mass is 230 g/mol. The number of ether oxygens (including phenoxy) is 2. The predicted molar refractivity (Wildman–Crippen MR) is 65.9 cm³/mol. The number of hydrogen-bond donors (Lipinski definition) is 0. The van der Waals surface area contributed by atoms with Crippen molar-refractivity contribution in [3.8, 4) is 11.5 Å². The van der Waals surface area contributed by atoms with E-state index in [2.05, 4.69) is 11.6 Å². The summed E-state index contributed by atoms with van der Waals surface area (Å²) in [5.41, 5.74) is 0.992. The summed E-state index contributed by atoms with van der Waals surface area (Å²) in [5, 5.41) is 0. The zero-order chi connectivity index (χ0) is 12.1. The summed E-state index contributed by atoms with van der Waals surface area (Å²) in [6.45, 7) is 4.13. The summed E-state index contributed by atoms with van der Waals surface area (Å²) in [5.74, 6) is 1.40. The van der Waals surface area contributed by atoms with Crippen LogP contribution in [0.15, 0.2) is 43.5 Å². The van der Waals surface area contributed by atoms with Crippen molar-refractivity contribution >= 4 is 6.08 Å². The minimum absolute atomic E-state index is 0.400. The second kappa shape index (κ2) is 5.21. The molecule has 17 heavy (non-hydrogen) atoms. The first-order valence-corrected chi connectivity index (χ1v) is 5.22. The third kappa shape index (κ3) is 2.66. The number of nitrogens with zero attached hydrogens (tertiary/aromatic N) is 2. The molecule has 0 spiro atoms. The van der Waals surface area contributed by atoms with Gasteiger partial charge in [0.2, 0.25) is 0 Å². The zero-order valence-corrected chi connectivity index (χ0v) is 9.67. The first kappa shape index (κ1) is 11.3. The average Bonchev–Trinajstić information content (AvgIpc) is 2.89. The second-order valence-electron chi connectivity index (χ2n) is 3.46. The van der Waals surface area contributed by atoms with Gasteiger partial charge < -0.3 is 14.0 Å². The van der Waals surface area contributed by atoms with Crippen LogP contribution in [0.2, 0.25) is 0 Å². The number of hydrogen-bond acceptors (Lipinski definition) is 3. The van der Waals surface area contributed by atoms with Gasteiger partial charge in [-0.1, -0.05) is 18.7 Å². The van der Waals surface area contributed by atoms with Crippen LogP contribution >= 0.6 is 0 Å². The van der Waals surface area contributed by atoms with Gasteiger partial charge in [0.25, 0.3) is 0 Å². The Hall–Kier alpha value is -2.23. The Morgan fingerprint density at radius 1 is 1.41 bits per heavy atom. The van der Waals surface area contributed by atoms with Crippen LogP contribution in [0.5, 0.6) is 11.5 Å². The summed E-state index contributed by atoms with van der Waals surface area (Å²) in [7, 11) is 1.62. The minimum atomic E-state index is 0.400. The summed E-state index contributed by atoms with van der Waals surface area (Å²) in [6.07, 6.45) is 7.01. The molecular formula is C13H14N2O2. The smallest absolute Gasteiger partial charge is 0.166 e. The van der Waals surface area contributed by atoms with Crippen LogP contribution in [0.4, 0.5) is 0 Å². The van der Waals surface area contributed by atoms with Crippen molar-refractivity contribution in [2.24, 2.45) is 0 Å². The number of benzene rings is 1. The maximum atomic E-state index is 5.67. The van der Waals surface area contributed by atoms with Crippen LogP contribution in [0.1, 0.15) is 5.56 Å². The quantitative estimate of drug-likeness (QED) is 0.792. The van der Waals surface area contributed by atoms with E-state index in [0.717, 1.165) is 5.56 Å². The fourth-order valence-electron chi connectivity index (χ4n) is 1.44. The molecule has 1 aromatic carbocycles. The van der Waals surface area contributed by atoms with E-state index >= 15 is 0 Å². The van der Waals surface area contributed by atoms with Crippen LogP contribution in [-0.4, -0.2) is 16.7 Å². The van der Waals surface area contributed by atoms with E-state index in [1.54, 1.807) is 25.7 Å². The van der Waals surface area contributed by atoms with Crippen molar-refractivity contribution in [1.29, 1.82) is 0 Å². The molecule has 0 bridgehead atoms. The lowest BCUT2D eigenvalue weighted by Crippen LogP contribution is -2.03. The molecule has 0 atom stereocenters. The number of rotatable bonds is 5. The summed E-state index contributed by atoms with van der Waals surface area (Å²) >= 11 is 0. The highest BCUT2D eigenvalue weighted by Crippen LogP contribution is 2.28. The van der Waals surface area contributed by atoms with E-state index in [-0.39, 0.29) is 0 Å². The molecular weight excluding hydrogens is 216 g/mol. The summed E-state index contributed by atoms with van der Waals surface area (Å²) in [4.78, 5) is 3.95. The topological polar surface area (TPSA) is 36.3 Å². The van der Waals surface area contributed by atoms with Crippen molar-refractivity contribution in [1.82, 2.24) is 9.55 Å². The van der Waals surface area contributed by atoms with Gasteiger partial charge in [-0.05, 0) is 17.7 Å². The van der Waals surface area contributed by atoms with Gasteiger partial charge in [0.05, 0.1) is 13.4 Å². The van der Waals surface area contributed by atoms with E-state index in [4.69, 9.17) is 9.47 Å². The van der Waals surface area contributed by atoms with Crippen LogP contribution in [0.3, 0.4) is 0 Å². The molecule has 0 aliphatic heterocycles. The van der Waals surface area contributed by atoms with Crippen molar-refractivity contribution in [3.05, 3.63) is 49.1 Å². The first-order chi connectivity index (χ1) is 8.33. The van der Waals surface area contributed by atoms with Gasteiger partial charge in [-0.2, -0.15) is 0 Å². The summed E-state index contributed by atoms with van der Waals surface area (Å²) < 4.78 is 12.7. The lowest BCUT2D eigenvalue weighted by Gasteiger charge is -2.11. The van der Waals surface area contributed by atoms with Gasteiger partial charge in [0.15, 0.2) is 18.2 Å². The number of aromatic nitrogens is 2. The largest absolute Gasteiger partial charge is 0.493 e. The molecule has 0 unspecified atom stereocenters. The highest BCUT2D eigenvalue weighted by atomic mass is 16.5. The highest BCUT2D eigenvalue weighted by molar-refractivity contribution is 5.54. The third-order valence-electron chi connectivity index (χ3n) is 2.35. The summed E-state index contributed by atoms with van der Waals surface area (Å²) in [6, 6.07) is 5.68. The Morgan fingerprint density at radius 3 is 2.94 bits per heavy atom. The molecule has 0 amide bonds. The van der Waals surface area contributed by atoms with Gasteiger partial charge in [-0.3, -0.25) is 0 Å². The average molecular weight is 230 g/mol. The second-order valence-corrected chi connectivity index (χ2v) is 3.46. The lowest BCUT2D eigenvalue weighted by molar-refractivity contribution is 0.225. The van der Waals surface area contributed by atoms with E-state index in [1.807, 2.05) is 29.0 Å². The molecule has 0 saturated heterocycles. The van der Waals surface area contributed by atoms with Crippen molar-refractivity contribution < 1.29 is 9.47 Å². The van der Waals surface area contributed by atoms with Crippen molar-refractivity contribution in [2.75, 3.05) is 7.11 Å². The third-order valence-corrected chi connectivity index (χ3v) is 2.35. The van der Waals surface area contributed by atoms with Gasteiger partial charge >= 0.3 is 0 Å². The predicted octanol–water partition coefficient (Wildman–Crippen LogP) is 2.57. The van der Waals surface area contributed by atoms with E-state index in [0.29, 0.717) is 18.2 Å².